The maximum atomic E-state index is 12.8. The smallest absolute Gasteiger partial charge is 0.223 e. The first-order chi connectivity index (χ1) is 12.9. The molecule has 1 amide bonds. The quantitative estimate of drug-likeness (QED) is 0.598. The number of rotatable bonds is 5. The first-order valence-corrected chi connectivity index (χ1v) is 10.1. The number of hydrogen-bond acceptors (Lipinski definition) is 2. The first kappa shape index (κ1) is 23.5. The zero-order valence-corrected chi connectivity index (χ0v) is 20.6. The van der Waals surface area contributed by atoms with Crippen LogP contribution in [0.15, 0.2) is 42.5 Å². The maximum absolute atomic E-state index is 12.8. The van der Waals surface area contributed by atoms with Gasteiger partial charge in [0.2, 0.25) is 5.91 Å². The van der Waals surface area contributed by atoms with Crippen molar-refractivity contribution in [1.29, 1.82) is 0 Å². The maximum Gasteiger partial charge on any atom is 0.223 e. The number of carbonyl (C=O) groups excluding carboxylic acids is 1. The molecule has 0 bridgehead atoms. The Morgan fingerprint density at radius 2 is 1.82 bits per heavy atom. The average molecular weight is 473 g/mol. The Labute approximate surface area is 199 Å². The van der Waals surface area contributed by atoms with Gasteiger partial charge in [0.05, 0.1) is 0 Å². The number of aryl methyl sites for hydroxylation is 2. The first-order valence-electron chi connectivity index (χ1n) is 9.67. The Morgan fingerprint density at radius 3 is 2.46 bits per heavy atom. The standard InChI is InChI=1S/C23H28ClN2O.Y/c1-17-4-6-21(7-5-17)16-25-14-19(3)26(15-18(25)2)23(27)13-10-20-8-11-22(24)12-9-20;/h4-8,11-12,18-19H,10,13-16H2,1-3H3;/q-1;. The Balaban J connectivity index is 0.00000280. The van der Waals surface area contributed by atoms with Crippen molar-refractivity contribution in [2.75, 3.05) is 13.1 Å². The molecule has 3 nitrogen and oxygen atoms in total. The predicted molar refractivity (Wildman–Crippen MR) is 111 cm³/mol. The van der Waals surface area contributed by atoms with Gasteiger partial charge in [0.1, 0.15) is 0 Å². The topological polar surface area (TPSA) is 23.6 Å². The minimum absolute atomic E-state index is 0. The van der Waals surface area contributed by atoms with E-state index >= 15 is 0 Å². The van der Waals surface area contributed by atoms with Crippen molar-refractivity contribution < 1.29 is 37.5 Å². The van der Waals surface area contributed by atoms with Crippen molar-refractivity contribution in [2.45, 2.75) is 52.2 Å². The summed E-state index contributed by atoms with van der Waals surface area (Å²) in [7, 11) is 0. The SMILES string of the molecule is Cc1ccc(CN2CC(C)N(C(=O)CCc3[c-]cc(Cl)cc3)CC2C)cc1.[Y]. The van der Waals surface area contributed by atoms with Crippen LogP contribution in [-0.4, -0.2) is 40.9 Å². The second-order valence-corrected chi connectivity index (χ2v) is 8.13. The third kappa shape index (κ3) is 6.39. The summed E-state index contributed by atoms with van der Waals surface area (Å²) in [5, 5.41) is 0.678. The Bertz CT molecular complexity index is 763. The average Bonchev–Trinajstić information content (AvgIpc) is 2.65. The van der Waals surface area contributed by atoms with E-state index in [4.69, 9.17) is 11.6 Å². The fourth-order valence-corrected chi connectivity index (χ4v) is 3.79. The fourth-order valence-electron chi connectivity index (χ4n) is 3.67. The van der Waals surface area contributed by atoms with Gasteiger partial charge in [-0.05, 0) is 32.8 Å². The van der Waals surface area contributed by atoms with Crippen LogP contribution in [0.3, 0.4) is 0 Å². The molecule has 2 atom stereocenters. The van der Waals surface area contributed by atoms with Crippen LogP contribution in [0, 0.1) is 13.0 Å². The molecule has 1 aliphatic rings. The molecule has 147 valence electrons. The molecule has 2 aromatic rings. The van der Waals surface area contributed by atoms with Gasteiger partial charge in [0.25, 0.3) is 0 Å². The van der Waals surface area contributed by atoms with Crippen molar-refractivity contribution in [3.63, 3.8) is 0 Å². The minimum atomic E-state index is 0. The molecule has 2 aromatic carbocycles. The van der Waals surface area contributed by atoms with Crippen LogP contribution in [0.2, 0.25) is 5.02 Å². The van der Waals surface area contributed by atoms with Gasteiger partial charge in [0, 0.05) is 70.8 Å². The molecule has 5 heteroatoms. The van der Waals surface area contributed by atoms with Crippen molar-refractivity contribution in [3.05, 3.63) is 70.2 Å². The van der Waals surface area contributed by atoms with Gasteiger partial charge in [-0.15, -0.1) is 0 Å². The molecule has 28 heavy (non-hydrogen) atoms. The van der Waals surface area contributed by atoms with Crippen LogP contribution < -0.4 is 0 Å². The molecule has 0 aliphatic carbocycles. The largest absolute Gasteiger partial charge is 0.337 e. The molecule has 2 unspecified atom stereocenters. The normalized spacial score (nSPS) is 19.9. The van der Waals surface area contributed by atoms with Gasteiger partial charge < -0.3 is 4.90 Å². The number of hydrogen-bond donors (Lipinski definition) is 0. The second-order valence-electron chi connectivity index (χ2n) is 7.69. The number of piperazine rings is 1. The molecule has 0 N–H and O–H groups in total. The molecule has 1 fully saturated rings. The summed E-state index contributed by atoms with van der Waals surface area (Å²) in [6.45, 7) is 9.12. The van der Waals surface area contributed by atoms with Gasteiger partial charge in [-0.3, -0.25) is 9.69 Å². The summed E-state index contributed by atoms with van der Waals surface area (Å²) < 4.78 is 0. The Morgan fingerprint density at radius 1 is 1.11 bits per heavy atom. The summed E-state index contributed by atoms with van der Waals surface area (Å²) >= 11 is 5.90. The Hall–Kier alpha value is -0.736. The van der Waals surface area contributed by atoms with Crippen molar-refractivity contribution in [2.24, 2.45) is 0 Å². The van der Waals surface area contributed by atoms with E-state index in [1.807, 2.05) is 17.0 Å². The molecular weight excluding hydrogens is 445 g/mol. The van der Waals surface area contributed by atoms with Gasteiger partial charge in [-0.25, -0.2) is 0 Å². The summed E-state index contributed by atoms with van der Waals surface area (Å²) in [4.78, 5) is 17.3. The monoisotopic (exact) mass is 472 g/mol. The number of benzene rings is 2. The summed E-state index contributed by atoms with van der Waals surface area (Å²) in [5.41, 5.74) is 3.65. The summed E-state index contributed by atoms with van der Waals surface area (Å²) in [6, 6.07) is 18.0. The third-order valence-electron chi connectivity index (χ3n) is 5.39. The predicted octanol–water partition coefficient (Wildman–Crippen LogP) is 4.50. The second kappa shape index (κ2) is 10.9. The van der Waals surface area contributed by atoms with E-state index in [0.717, 1.165) is 25.2 Å². The molecule has 3 rings (SSSR count). The molecule has 0 spiro atoms. The van der Waals surface area contributed by atoms with E-state index in [-0.39, 0.29) is 44.7 Å². The van der Waals surface area contributed by atoms with Crippen LogP contribution in [0.1, 0.15) is 37.0 Å². The zero-order chi connectivity index (χ0) is 19.4. The third-order valence-corrected chi connectivity index (χ3v) is 5.62. The summed E-state index contributed by atoms with van der Waals surface area (Å²) in [5.74, 6) is 0.229. The van der Waals surface area contributed by atoms with E-state index in [2.05, 4.69) is 56.0 Å². The van der Waals surface area contributed by atoms with E-state index in [9.17, 15) is 4.79 Å². The van der Waals surface area contributed by atoms with Crippen molar-refractivity contribution in [3.8, 4) is 0 Å². The minimum Gasteiger partial charge on any atom is -0.337 e. The van der Waals surface area contributed by atoms with Gasteiger partial charge in [-0.2, -0.15) is 41.4 Å². The molecular formula is C23H28ClN2OY-. The molecule has 1 aliphatic heterocycles. The van der Waals surface area contributed by atoms with Crippen LogP contribution in [0.4, 0.5) is 0 Å². The number of carbonyl (C=O) groups is 1. The zero-order valence-electron chi connectivity index (χ0n) is 17.0. The summed E-state index contributed by atoms with van der Waals surface area (Å²) in [6.07, 6.45) is 1.23. The van der Waals surface area contributed by atoms with E-state index < -0.39 is 0 Å². The van der Waals surface area contributed by atoms with Crippen LogP contribution in [-0.2, 0) is 50.5 Å². The van der Waals surface area contributed by atoms with E-state index in [0.29, 0.717) is 23.9 Å². The van der Waals surface area contributed by atoms with Crippen molar-refractivity contribution in [1.82, 2.24) is 9.80 Å². The van der Waals surface area contributed by atoms with Gasteiger partial charge in [-0.1, -0.05) is 34.9 Å². The van der Waals surface area contributed by atoms with Gasteiger partial charge in [0.15, 0.2) is 0 Å². The molecule has 1 heterocycles. The van der Waals surface area contributed by atoms with E-state index in [1.165, 1.54) is 11.1 Å². The Kier molecular flexibility index (Phi) is 9.14. The van der Waals surface area contributed by atoms with Crippen LogP contribution in [0.5, 0.6) is 0 Å². The fraction of sp³-hybridized carbons (Fsp3) is 0.435. The molecule has 0 saturated carbocycles. The molecule has 1 saturated heterocycles. The van der Waals surface area contributed by atoms with Crippen molar-refractivity contribution >= 4 is 17.5 Å². The molecule has 1 radical (unpaired) electrons. The van der Waals surface area contributed by atoms with Gasteiger partial charge >= 0.3 is 0 Å². The number of amides is 1. The number of halogens is 1. The van der Waals surface area contributed by atoms with E-state index in [1.54, 1.807) is 6.07 Å². The number of nitrogens with zero attached hydrogens (tertiary/aromatic N) is 2. The molecule has 0 aromatic heterocycles. The van der Waals surface area contributed by atoms with Crippen LogP contribution in [0.25, 0.3) is 0 Å². The van der Waals surface area contributed by atoms with Crippen LogP contribution >= 0.6 is 11.6 Å².